The fourth-order valence-corrected chi connectivity index (χ4v) is 8.72. The van der Waals surface area contributed by atoms with E-state index < -0.39 is 5.60 Å². The zero-order chi connectivity index (χ0) is 24.5. The topological polar surface area (TPSA) is 61.8 Å². The fraction of sp³-hybridized carbons (Fsp3) is 0.793. The summed E-state index contributed by atoms with van der Waals surface area (Å²) in [5, 5.41) is 0. The lowest BCUT2D eigenvalue weighted by Gasteiger charge is -2.60. The first-order valence-electron chi connectivity index (χ1n) is 13.4. The van der Waals surface area contributed by atoms with Gasteiger partial charge in [-0.2, -0.15) is 0 Å². The second-order valence-corrected chi connectivity index (χ2v) is 12.4. The van der Waals surface area contributed by atoms with Crippen molar-refractivity contribution in [3.63, 3.8) is 0 Å². The summed E-state index contributed by atoms with van der Waals surface area (Å²) >= 11 is 0. The number of hydrogen-bond acceptors (Lipinski definition) is 5. The maximum absolute atomic E-state index is 14.0. The summed E-state index contributed by atoms with van der Waals surface area (Å²) in [7, 11) is 1.81. The number of hydrogen-bond donors (Lipinski definition) is 0. The minimum Gasteiger partial charge on any atom is -0.381 e. The Bertz CT molecular complexity index is 919. The van der Waals surface area contributed by atoms with Gasteiger partial charge in [0.05, 0.1) is 12.2 Å². The Hall–Kier alpha value is -1.30. The molecule has 1 unspecified atom stereocenters. The van der Waals surface area contributed by atoms with Crippen molar-refractivity contribution >= 4 is 11.6 Å². The molecule has 0 aromatic rings. The third kappa shape index (κ3) is 3.22. The highest BCUT2D eigenvalue weighted by Gasteiger charge is 2.75. The average Bonchev–Trinajstić information content (AvgIpc) is 3.25. The summed E-state index contributed by atoms with van der Waals surface area (Å²) in [5.41, 5.74) is -0.164. The van der Waals surface area contributed by atoms with E-state index in [-0.39, 0.29) is 52.7 Å². The van der Waals surface area contributed by atoms with E-state index in [0.717, 1.165) is 38.5 Å². The minimum atomic E-state index is -0.890. The standard InChI is InChI=1S/C29H42O5/c1-7-8-25-33-24-15-21-20-10-9-18-14-19(30)11-12-27(18,4)26(20)22(32-6)16-28(21,5)29(24,34-25)23(31)13-17(2)3/h11-12,14,17,20-22,24-26H,7-10,13,15-16H2,1-6H3/t20-,21-,22-,24+,25?,26+,27-,28-,29+/m0/s1. The fourth-order valence-electron chi connectivity index (χ4n) is 8.72. The van der Waals surface area contributed by atoms with Crippen LogP contribution < -0.4 is 0 Å². The molecule has 34 heavy (non-hydrogen) atoms. The molecule has 0 spiro atoms. The Morgan fingerprint density at radius 2 is 2.06 bits per heavy atom. The molecule has 0 radical (unpaired) electrons. The smallest absolute Gasteiger partial charge is 0.178 e. The first-order chi connectivity index (χ1) is 16.1. The van der Waals surface area contributed by atoms with Crippen LogP contribution in [0.3, 0.4) is 0 Å². The number of methoxy groups -OCH3 is 1. The van der Waals surface area contributed by atoms with Crippen molar-refractivity contribution in [3.05, 3.63) is 23.8 Å². The van der Waals surface area contributed by atoms with E-state index in [9.17, 15) is 9.59 Å². The summed E-state index contributed by atoms with van der Waals surface area (Å²) in [4.78, 5) is 26.2. The number of carbonyl (C=O) groups is 2. The molecule has 0 amide bonds. The summed E-state index contributed by atoms with van der Waals surface area (Å²) in [6.07, 6.45) is 11.1. The van der Waals surface area contributed by atoms with Gasteiger partial charge in [0.2, 0.25) is 0 Å². The lowest BCUT2D eigenvalue weighted by Crippen LogP contribution is -2.63. The van der Waals surface area contributed by atoms with Gasteiger partial charge in [0.15, 0.2) is 23.5 Å². The average molecular weight is 471 g/mol. The predicted octanol–water partition coefficient (Wildman–Crippen LogP) is 5.42. The molecule has 1 aliphatic heterocycles. The Morgan fingerprint density at radius 3 is 2.74 bits per heavy atom. The van der Waals surface area contributed by atoms with E-state index in [4.69, 9.17) is 14.2 Å². The number of ether oxygens (including phenoxy) is 3. The highest BCUT2D eigenvalue weighted by molar-refractivity contribution is 6.01. The number of Topliss-reactive ketones (excluding diaryl/α,β-unsaturated/α-hetero) is 1. The van der Waals surface area contributed by atoms with Crippen LogP contribution in [0.15, 0.2) is 23.8 Å². The van der Waals surface area contributed by atoms with E-state index in [1.165, 1.54) is 5.57 Å². The van der Waals surface area contributed by atoms with Gasteiger partial charge in [-0.1, -0.05) is 52.7 Å². The van der Waals surface area contributed by atoms with Crippen molar-refractivity contribution < 1.29 is 23.8 Å². The maximum atomic E-state index is 14.0. The summed E-state index contributed by atoms with van der Waals surface area (Å²) in [6, 6.07) is 0. The molecule has 0 aromatic carbocycles. The SMILES string of the molecule is CCCC1O[C@@H]2C[C@H]3[C@@H]4CCC5=CC(=O)C=C[C@]5(C)[C@H]4[C@@H](OC)C[C@]3(C)[C@]2(C(=O)CC(C)C)O1. The molecule has 1 heterocycles. The van der Waals surface area contributed by atoms with Crippen LogP contribution in [0.25, 0.3) is 0 Å². The van der Waals surface area contributed by atoms with E-state index >= 15 is 0 Å². The quantitative estimate of drug-likeness (QED) is 0.518. The van der Waals surface area contributed by atoms with Crippen LogP contribution in [-0.4, -0.2) is 42.8 Å². The minimum absolute atomic E-state index is 0.00546. The molecule has 0 N–H and O–H groups in total. The number of rotatable bonds is 6. The van der Waals surface area contributed by atoms with Gasteiger partial charge < -0.3 is 14.2 Å². The third-order valence-electron chi connectivity index (χ3n) is 10.1. The van der Waals surface area contributed by atoms with Crippen molar-refractivity contribution in [2.45, 2.75) is 104 Å². The van der Waals surface area contributed by atoms with Crippen LogP contribution in [0, 0.1) is 34.5 Å². The Kier molecular flexibility index (Phi) is 6.02. The molecular formula is C29H42O5. The van der Waals surface area contributed by atoms with E-state index in [1.807, 2.05) is 13.2 Å². The Balaban J connectivity index is 1.57. The number of ketones is 2. The molecule has 1 saturated heterocycles. The van der Waals surface area contributed by atoms with E-state index in [0.29, 0.717) is 18.3 Å². The molecule has 0 aromatic heterocycles. The van der Waals surface area contributed by atoms with Gasteiger partial charge in [-0.15, -0.1) is 0 Å². The molecule has 188 valence electrons. The van der Waals surface area contributed by atoms with Crippen LogP contribution in [0.2, 0.25) is 0 Å². The monoisotopic (exact) mass is 470 g/mol. The van der Waals surface area contributed by atoms with Gasteiger partial charge in [0.25, 0.3) is 0 Å². The number of fused-ring (bicyclic) bond motifs is 7. The lowest BCUT2D eigenvalue weighted by atomic mass is 9.46. The van der Waals surface area contributed by atoms with E-state index in [1.54, 1.807) is 6.08 Å². The van der Waals surface area contributed by atoms with Crippen LogP contribution in [0.1, 0.15) is 79.6 Å². The molecule has 5 nitrogen and oxygen atoms in total. The van der Waals surface area contributed by atoms with Gasteiger partial charge in [-0.25, -0.2) is 0 Å². The van der Waals surface area contributed by atoms with Crippen LogP contribution >= 0.6 is 0 Å². The molecule has 3 saturated carbocycles. The summed E-state index contributed by atoms with van der Waals surface area (Å²) in [5.74, 6) is 1.60. The van der Waals surface area contributed by atoms with Gasteiger partial charge in [0, 0.05) is 30.3 Å². The highest BCUT2D eigenvalue weighted by atomic mass is 16.7. The van der Waals surface area contributed by atoms with Gasteiger partial charge in [0.1, 0.15) is 0 Å². The predicted molar refractivity (Wildman–Crippen MR) is 130 cm³/mol. The van der Waals surface area contributed by atoms with Crippen molar-refractivity contribution in [1.29, 1.82) is 0 Å². The van der Waals surface area contributed by atoms with Gasteiger partial charge >= 0.3 is 0 Å². The molecule has 4 fully saturated rings. The third-order valence-corrected chi connectivity index (χ3v) is 10.1. The molecule has 5 heteroatoms. The van der Waals surface area contributed by atoms with Gasteiger partial charge in [-0.3, -0.25) is 9.59 Å². The van der Waals surface area contributed by atoms with Gasteiger partial charge in [-0.05, 0) is 62.0 Å². The molecular weight excluding hydrogens is 428 g/mol. The van der Waals surface area contributed by atoms with Crippen molar-refractivity contribution in [2.75, 3.05) is 7.11 Å². The Labute approximate surface area is 204 Å². The molecule has 5 rings (SSSR count). The molecule has 5 aliphatic rings. The van der Waals surface area contributed by atoms with Crippen LogP contribution in [0.4, 0.5) is 0 Å². The summed E-state index contributed by atoms with van der Waals surface area (Å²) in [6.45, 7) is 10.9. The lowest BCUT2D eigenvalue weighted by molar-refractivity contribution is -0.202. The van der Waals surface area contributed by atoms with Crippen LogP contribution in [-0.2, 0) is 23.8 Å². The molecule has 9 atom stereocenters. The second-order valence-electron chi connectivity index (χ2n) is 12.4. The summed E-state index contributed by atoms with van der Waals surface area (Å²) < 4.78 is 19.5. The number of carbonyl (C=O) groups excluding carboxylic acids is 2. The van der Waals surface area contributed by atoms with Crippen molar-refractivity contribution in [3.8, 4) is 0 Å². The number of allylic oxidation sites excluding steroid dienone is 4. The van der Waals surface area contributed by atoms with E-state index in [2.05, 4.69) is 40.7 Å². The van der Waals surface area contributed by atoms with Crippen molar-refractivity contribution in [1.82, 2.24) is 0 Å². The van der Waals surface area contributed by atoms with Crippen LogP contribution in [0.5, 0.6) is 0 Å². The first-order valence-corrected chi connectivity index (χ1v) is 13.4. The molecule has 0 bridgehead atoms. The largest absolute Gasteiger partial charge is 0.381 e. The molecule has 4 aliphatic carbocycles. The zero-order valence-electron chi connectivity index (χ0n) is 21.8. The second kappa shape index (κ2) is 8.38. The zero-order valence-corrected chi connectivity index (χ0v) is 21.8. The maximum Gasteiger partial charge on any atom is 0.178 e. The highest BCUT2D eigenvalue weighted by Crippen LogP contribution is 2.70. The van der Waals surface area contributed by atoms with Crippen molar-refractivity contribution in [2.24, 2.45) is 34.5 Å². The normalized spacial score (nSPS) is 47.1. The Morgan fingerprint density at radius 1 is 1.29 bits per heavy atom. The first kappa shape index (κ1) is 24.4.